The van der Waals surface area contributed by atoms with E-state index >= 15 is 0 Å². The van der Waals surface area contributed by atoms with Crippen LogP contribution in [0.25, 0.3) is 10.4 Å². The quantitative estimate of drug-likeness (QED) is 0.0535. The largest absolute Gasteiger partial charge is 0.478 e. The summed E-state index contributed by atoms with van der Waals surface area (Å²) in [6, 6.07) is 8.73. The molecule has 2 aromatic rings. The Morgan fingerprint density at radius 3 is 0.833 bits per heavy atom. The minimum absolute atomic E-state index is 0.0210. The zero-order valence-electron chi connectivity index (χ0n) is 37.7. The first-order valence-corrected chi connectivity index (χ1v) is 24.8. The van der Waals surface area contributed by atoms with Crippen LogP contribution >= 0.6 is 0 Å². The number of nitrogen functional groups attached to an aromatic ring is 1. The topological polar surface area (TPSA) is 348 Å². The number of aromatic carboxylic acids is 1. The highest BCUT2D eigenvalue weighted by molar-refractivity contribution is 7.79. The molecule has 370 valence electrons. The van der Waals surface area contributed by atoms with Crippen LogP contribution in [-0.2, 0) is 48.8 Å². The lowest BCUT2D eigenvalue weighted by Gasteiger charge is -2.22. The van der Waals surface area contributed by atoms with Crippen molar-refractivity contribution in [2.24, 2.45) is 94.7 Å². The van der Waals surface area contributed by atoms with E-state index < -0.39 is 40.0 Å². The third kappa shape index (κ3) is 6.92. The lowest BCUT2D eigenvalue weighted by molar-refractivity contribution is -0.124. The van der Waals surface area contributed by atoms with E-state index in [1.165, 1.54) is 28.0 Å². The molecule has 6 N–H and O–H groups in total. The summed E-state index contributed by atoms with van der Waals surface area (Å²) < 4.78 is 31.6. The number of imide groups is 4. The van der Waals surface area contributed by atoms with E-state index in [0.29, 0.717) is 17.1 Å². The molecular weight excluding hydrogens is 957 g/mol. The molecule has 22 nitrogen and oxygen atoms in total. The molecule has 16 atom stereocenters. The Morgan fingerprint density at radius 2 is 0.653 bits per heavy atom. The van der Waals surface area contributed by atoms with Crippen LogP contribution in [0.3, 0.4) is 0 Å². The van der Waals surface area contributed by atoms with Gasteiger partial charge in [0.05, 0.1) is 75.7 Å². The number of nitrogens with zero attached hydrogens (tertiary/aromatic N) is 6. The molecular formula is C49H44N8O14S. The van der Waals surface area contributed by atoms with E-state index in [1.54, 1.807) is 23.1 Å². The summed E-state index contributed by atoms with van der Waals surface area (Å²) in [5.74, 6) is -5.90. The van der Waals surface area contributed by atoms with Gasteiger partial charge in [-0.25, -0.2) is 24.4 Å². The van der Waals surface area contributed by atoms with Gasteiger partial charge in [-0.05, 0) is 120 Å². The molecule has 12 aliphatic rings. The summed E-state index contributed by atoms with van der Waals surface area (Å²) in [7, 11) is -4.67. The normalized spacial score (nSPS) is 36.8. The van der Waals surface area contributed by atoms with Gasteiger partial charge in [-0.15, -0.1) is 5.53 Å². The molecule has 2 aromatic carbocycles. The molecule has 0 spiro atoms. The number of anilines is 5. The first-order chi connectivity index (χ1) is 34.2. The van der Waals surface area contributed by atoms with Crippen LogP contribution in [0.2, 0.25) is 0 Å². The molecule has 8 fully saturated rings. The van der Waals surface area contributed by atoms with Gasteiger partial charge in [-0.3, -0.25) is 47.5 Å². The second-order valence-corrected chi connectivity index (χ2v) is 21.3. The maximum absolute atomic E-state index is 13.3. The van der Waals surface area contributed by atoms with Crippen LogP contribution in [0.4, 0.5) is 28.4 Å². The Morgan fingerprint density at radius 1 is 0.472 bits per heavy atom. The fourth-order valence-corrected chi connectivity index (χ4v) is 14.5. The monoisotopic (exact) mass is 1000 g/mol. The zero-order chi connectivity index (χ0) is 51.1. The number of nitrogens with one attached hydrogen (secondary N) is 1. The minimum atomic E-state index is -4.67. The van der Waals surface area contributed by atoms with E-state index in [2.05, 4.69) is 0 Å². The molecule has 23 heteroatoms. The summed E-state index contributed by atoms with van der Waals surface area (Å²) in [4.78, 5) is 124. The first kappa shape index (κ1) is 46.8. The number of benzene rings is 2. The molecule has 4 aliphatic heterocycles. The standard InChI is InChI=1S/C25H20N2O6.C24H21N3O4.HN3.H2O4S/c28-21-17-10-1-2-11(5-10)18(17)22(29)26(21)15-7-14(25(32)33)8-16(9-15)27-23(30)19-12-3-4-13(6-12)20(19)24(27)31;25-14-7-15(26-21(28)17-10-1-2-11(5-10)18(17)22(26)29)9-16(8-14)27-23(30)19-12-3-4-13(6-12)20(19)24(27)31;1-3-2;1-5(2,3)4/h1-4,7-13,17-20H,5-6H2,(H,32,33);1-4,7-13,17-20H,5-6,25H2;1H;(H2,1,2,3,4). The van der Waals surface area contributed by atoms with Gasteiger partial charge in [0.2, 0.25) is 47.3 Å². The number of hydrogen-bond donors (Lipinski definition) is 5. The van der Waals surface area contributed by atoms with Crippen LogP contribution in [0.1, 0.15) is 36.0 Å². The van der Waals surface area contributed by atoms with Crippen molar-refractivity contribution in [1.82, 2.24) is 0 Å². The number of rotatable bonds is 5. The van der Waals surface area contributed by atoms with Crippen LogP contribution in [0.15, 0.2) is 85.0 Å². The van der Waals surface area contributed by atoms with E-state index in [0.717, 1.165) is 35.5 Å². The Balaban J connectivity index is 0.000000136. The van der Waals surface area contributed by atoms with Crippen LogP contribution in [0, 0.1) is 100 Å². The minimum Gasteiger partial charge on any atom is -0.478 e. The molecule has 4 saturated carbocycles. The second kappa shape index (κ2) is 16.5. The predicted molar refractivity (Wildman–Crippen MR) is 249 cm³/mol. The number of carbonyl (C=O) groups is 9. The number of carboxylic acids is 1. The number of fused-ring (bicyclic) bond motifs is 20. The third-order valence-electron chi connectivity index (χ3n) is 17.0. The van der Waals surface area contributed by atoms with Gasteiger partial charge in [0.15, 0.2) is 0 Å². The van der Waals surface area contributed by atoms with Gasteiger partial charge >= 0.3 is 16.4 Å². The Labute approximate surface area is 408 Å². The molecule has 4 heterocycles. The summed E-state index contributed by atoms with van der Waals surface area (Å²) in [5.41, 5.74) is 19.4. The highest BCUT2D eigenvalue weighted by atomic mass is 32.3. The van der Waals surface area contributed by atoms with Crippen molar-refractivity contribution >= 4 is 92.1 Å². The molecule has 14 rings (SSSR count). The van der Waals surface area contributed by atoms with Crippen molar-refractivity contribution in [3.8, 4) is 0 Å². The number of allylic oxidation sites excluding steroid dienone is 8. The predicted octanol–water partition coefficient (Wildman–Crippen LogP) is 4.12. The average Bonchev–Trinajstić information content (AvgIpc) is 4.17. The summed E-state index contributed by atoms with van der Waals surface area (Å²) in [6.07, 6.45) is 19.4. The SMILES string of the molecule is Nc1cc(N2C(=O)C3C4C=CC(C4)C3C2=O)cc(N2C(=O)C3C4C=CC(C4)C3C2=O)c1.O=C(O)c1cc(N2C(=O)C3C4C=CC(C4)C3C2=O)cc(N2C(=O)C3C4C=CC(C4)C3C2=O)c1.O=S(=O)(O)O.[N-]=[N+]=N. The van der Waals surface area contributed by atoms with Crippen molar-refractivity contribution in [2.45, 2.75) is 25.7 Å². The fraction of sp³-hybridized carbons (Fsp3) is 0.408. The maximum atomic E-state index is 13.3. The molecule has 8 aliphatic carbocycles. The van der Waals surface area contributed by atoms with Gasteiger partial charge in [-0.2, -0.15) is 8.42 Å². The highest BCUT2D eigenvalue weighted by Gasteiger charge is 2.63. The van der Waals surface area contributed by atoms with Gasteiger partial charge in [0, 0.05) is 5.69 Å². The van der Waals surface area contributed by atoms with E-state index in [9.17, 15) is 48.3 Å². The van der Waals surface area contributed by atoms with Crippen molar-refractivity contribution in [3.05, 3.63) is 101 Å². The summed E-state index contributed by atoms with van der Waals surface area (Å²) in [6.45, 7) is 0. The number of carbonyl (C=O) groups excluding carboxylic acids is 8. The van der Waals surface area contributed by atoms with Crippen molar-refractivity contribution in [3.63, 3.8) is 0 Å². The Hall–Kier alpha value is -7.59. The Bertz CT molecular complexity index is 2880. The van der Waals surface area contributed by atoms with Gasteiger partial charge in [0.1, 0.15) is 0 Å². The van der Waals surface area contributed by atoms with Gasteiger partial charge < -0.3 is 10.8 Å². The highest BCUT2D eigenvalue weighted by Crippen LogP contribution is 2.57. The van der Waals surface area contributed by atoms with E-state index in [4.69, 9.17) is 34.3 Å². The second-order valence-electron chi connectivity index (χ2n) is 20.4. The number of carboxylic acid groups (broad SMARTS) is 1. The molecule has 4 saturated heterocycles. The fourth-order valence-electron chi connectivity index (χ4n) is 14.5. The van der Waals surface area contributed by atoms with Crippen molar-refractivity contribution in [1.29, 1.82) is 5.53 Å². The number of amides is 8. The van der Waals surface area contributed by atoms with Crippen LogP contribution < -0.4 is 25.3 Å². The summed E-state index contributed by atoms with van der Waals surface area (Å²) in [5, 5.41) is 9.70. The van der Waals surface area contributed by atoms with Gasteiger partial charge in [-0.1, -0.05) is 48.6 Å². The lowest BCUT2D eigenvalue weighted by Crippen LogP contribution is -2.35. The van der Waals surface area contributed by atoms with Crippen molar-refractivity contribution < 1.29 is 65.8 Å². The molecule has 72 heavy (non-hydrogen) atoms. The van der Waals surface area contributed by atoms with E-state index in [1.807, 2.05) is 48.6 Å². The molecule has 0 aromatic heterocycles. The smallest absolute Gasteiger partial charge is 0.394 e. The molecule has 16 unspecified atom stereocenters. The number of hydrogen-bond acceptors (Lipinski definition) is 13. The molecule has 8 amide bonds. The van der Waals surface area contributed by atoms with E-state index in [-0.39, 0.29) is 135 Å². The molecule has 8 bridgehead atoms. The average molecular weight is 1000 g/mol. The Kier molecular flexibility index (Phi) is 10.7. The first-order valence-electron chi connectivity index (χ1n) is 23.4. The zero-order valence-corrected chi connectivity index (χ0v) is 38.5. The van der Waals surface area contributed by atoms with Crippen molar-refractivity contribution in [2.75, 3.05) is 25.3 Å². The van der Waals surface area contributed by atoms with Crippen LogP contribution in [-0.4, -0.2) is 75.9 Å². The lowest BCUT2D eigenvalue weighted by atomic mass is 9.85. The molecule has 0 radical (unpaired) electrons. The maximum Gasteiger partial charge on any atom is 0.394 e. The van der Waals surface area contributed by atoms with Crippen LogP contribution in [0.5, 0.6) is 0 Å². The summed E-state index contributed by atoms with van der Waals surface area (Å²) >= 11 is 0. The number of nitrogens with two attached hydrogens (primary N) is 1. The van der Waals surface area contributed by atoms with Gasteiger partial charge in [0.25, 0.3) is 0 Å². The third-order valence-corrected chi connectivity index (χ3v) is 17.0.